The molecule has 182 valence electrons. The van der Waals surface area contributed by atoms with E-state index < -0.39 is 11.4 Å². The summed E-state index contributed by atoms with van der Waals surface area (Å²) in [6, 6.07) is 13.0. The number of ether oxygens (including phenoxy) is 1. The molecule has 0 aliphatic carbocycles. The number of fused-ring (bicyclic) bond motifs is 1. The first kappa shape index (κ1) is 23.1. The number of piperidine rings is 1. The van der Waals surface area contributed by atoms with Crippen molar-refractivity contribution < 1.29 is 13.9 Å². The van der Waals surface area contributed by atoms with Gasteiger partial charge >= 0.3 is 0 Å². The van der Waals surface area contributed by atoms with E-state index in [-0.39, 0.29) is 23.4 Å². The number of nitrogen functional groups attached to an aromatic ring is 1. The van der Waals surface area contributed by atoms with Gasteiger partial charge in [-0.3, -0.25) is 9.59 Å². The van der Waals surface area contributed by atoms with E-state index in [4.69, 9.17) is 15.6 Å². The molecule has 1 aliphatic rings. The van der Waals surface area contributed by atoms with Crippen molar-refractivity contribution in [2.75, 3.05) is 18.8 Å². The summed E-state index contributed by atoms with van der Waals surface area (Å²) >= 11 is 0. The highest BCUT2D eigenvalue weighted by Crippen LogP contribution is 2.33. The number of H-pyrrole nitrogens is 1. The molecule has 4 aromatic rings. The molecule has 3 N–H and O–H groups in total. The van der Waals surface area contributed by atoms with Crippen LogP contribution in [0.5, 0.6) is 11.5 Å². The summed E-state index contributed by atoms with van der Waals surface area (Å²) in [6.45, 7) is 2.62. The Morgan fingerprint density at radius 2 is 2.00 bits per heavy atom. The third-order valence-corrected chi connectivity index (χ3v) is 6.13. The highest BCUT2D eigenvalue weighted by atomic mass is 19.1. The molecular weight excluding hydrogens is 463 g/mol. The Morgan fingerprint density at radius 3 is 2.75 bits per heavy atom. The minimum absolute atomic E-state index is 0.112. The maximum absolute atomic E-state index is 14.0. The summed E-state index contributed by atoms with van der Waals surface area (Å²) in [5.74, 6) is 5.01. The Kier molecular flexibility index (Phi) is 6.12. The topological polar surface area (TPSA) is 119 Å². The molecule has 1 atom stereocenters. The Hall–Kier alpha value is -4.65. The smallest absolute Gasteiger partial charge is 0.298 e. The van der Waals surface area contributed by atoms with Gasteiger partial charge in [-0.25, -0.2) is 14.2 Å². The first-order valence-electron chi connectivity index (χ1n) is 11.5. The fourth-order valence-electron chi connectivity index (χ4n) is 4.47. The van der Waals surface area contributed by atoms with Gasteiger partial charge in [0.15, 0.2) is 17.4 Å². The number of benzene rings is 2. The number of carbonyl (C=O) groups is 1. The zero-order valence-electron chi connectivity index (χ0n) is 19.5. The van der Waals surface area contributed by atoms with Gasteiger partial charge in [-0.1, -0.05) is 18.1 Å². The van der Waals surface area contributed by atoms with E-state index >= 15 is 0 Å². The number of likely N-dealkylation sites (tertiary alicyclic amines) is 1. The molecule has 2 aromatic carbocycles. The Balaban J connectivity index is 1.53. The van der Waals surface area contributed by atoms with Crippen molar-refractivity contribution in [1.29, 1.82) is 0 Å². The van der Waals surface area contributed by atoms with Crippen LogP contribution in [0.2, 0.25) is 0 Å². The number of para-hydroxylation sites is 1. The molecule has 2 aromatic heterocycles. The van der Waals surface area contributed by atoms with E-state index in [1.54, 1.807) is 59.0 Å². The fourth-order valence-corrected chi connectivity index (χ4v) is 4.47. The summed E-state index contributed by atoms with van der Waals surface area (Å²) in [7, 11) is 0. The van der Waals surface area contributed by atoms with Crippen LogP contribution in [0.25, 0.3) is 16.6 Å². The summed E-state index contributed by atoms with van der Waals surface area (Å²) in [5.41, 5.74) is 7.32. The van der Waals surface area contributed by atoms with Gasteiger partial charge in [-0.05, 0) is 62.1 Å². The van der Waals surface area contributed by atoms with Crippen LogP contribution < -0.4 is 16.0 Å². The van der Waals surface area contributed by atoms with E-state index in [0.29, 0.717) is 41.1 Å². The number of nitrogens with one attached hydrogen (secondary N) is 1. The number of amides is 1. The Morgan fingerprint density at radius 1 is 1.22 bits per heavy atom. The second-order valence-electron chi connectivity index (χ2n) is 8.45. The molecule has 36 heavy (non-hydrogen) atoms. The van der Waals surface area contributed by atoms with E-state index in [2.05, 4.69) is 22.0 Å². The molecule has 0 saturated carbocycles. The minimum Gasteiger partial charge on any atom is -0.454 e. The van der Waals surface area contributed by atoms with E-state index in [1.165, 1.54) is 6.07 Å². The zero-order chi connectivity index (χ0) is 25.2. The van der Waals surface area contributed by atoms with Crippen LogP contribution in [0.1, 0.15) is 31.4 Å². The van der Waals surface area contributed by atoms with Gasteiger partial charge in [0.05, 0.1) is 16.8 Å². The number of aromatic amines is 1. The molecule has 1 aliphatic heterocycles. The van der Waals surface area contributed by atoms with Gasteiger partial charge in [-0.2, -0.15) is 10.2 Å². The summed E-state index contributed by atoms with van der Waals surface area (Å²) in [5, 5.41) is 11.5. The predicted octanol–water partition coefficient (Wildman–Crippen LogP) is 3.35. The molecule has 0 spiro atoms. The Bertz CT molecular complexity index is 1560. The lowest BCUT2D eigenvalue weighted by atomic mass is 9.93. The van der Waals surface area contributed by atoms with Crippen LogP contribution in [0.15, 0.2) is 53.3 Å². The molecule has 1 saturated heterocycles. The highest BCUT2D eigenvalue weighted by Gasteiger charge is 2.30. The first-order valence-corrected chi connectivity index (χ1v) is 11.5. The summed E-state index contributed by atoms with van der Waals surface area (Å²) in [4.78, 5) is 26.9. The largest absolute Gasteiger partial charge is 0.454 e. The highest BCUT2D eigenvalue weighted by molar-refractivity contribution is 5.94. The van der Waals surface area contributed by atoms with Crippen molar-refractivity contribution in [2.24, 2.45) is 0 Å². The monoisotopic (exact) mass is 486 g/mol. The van der Waals surface area contributed by atoms with Gasteiger partial charge in [0.25, 0.3) is 11.5 Å². The molecule has 10 heteroatoms. The Labute approximate surface area is 205 Å². The molecule has 3 heterocycles. The number of hydrogen-bond donors (Lipinski definition) is 2. The van der Waals surface area contributed by atoms with E-state index in [1.807, 2.05) is 0 Å². The molecule has 5 rings (SSSR count). The average molecular weight is 487 g/mol. The third kappa shape index (κ3) is 4.27. The number of nitrogens with zero attached hydrogens (tertiary/aromatic N) is 4. The number of halogens is 1. The molecular formula is C26H23FN6O3. The maximum Gasteiger partial charge on any atom is 0.298 e. The van der Waals surface area contributed by atoms with E-state index in [9.17, 15) is 14.0 Å². The lowest BCUT2D eigenvalue weighted by Gasteiger charge is -2.30. The summed E-state index contributed by atoms with van der Waals surface area (Å²) in [6.07, 6.45) is 1.52. The molecule has 1 fully saturated rings. The SMILES string of the molecule is CC#CC(=O)N1CCC[C@H](c2nn(-c3ccc(Oc4ccccc4F)cc3)c3c(N)n[nH]c(=O)c23)C1. The van der Waals surface area contributed by atoms with Crippen molar-refractivity contribution in [3.8, 4) is 29.0 Å². The van der Waals surface area contributed by atoms with Crippen molar-refractivity contribution in [3.05, 3.63) is 70.4 Å². The molecule has 0 bridgehead atoms. The lowest BCUT2D eigenvalue weighted by Crippen LogP contribution is -2.38. The summed E-state index contributed by atoms with van der Waals surface area (Å²) < 4.78 is 21.2. The molecule has 1 amide bonds. The van der Waals surface area contributed by atoms with Crippen LogP contribution in [-0.2, 0) is 4.79 Å². The average Bonchev–Trinajstić information content (AvgIpc) is 3.30. The van der Waals surface area contributed by atoms with Gasteiger partial charge in [0, 0.05) is 19.0 Å². The second-order valence-corrected chi connectivity index (χ2v) is 8.45. The number of anilines is 1. The fraction of sp³-hybridized carbons (Fsp3) is 0.231. The number of hydrogen-bond acceptors (Lipinski definition) is 6. The number of rotatable bonds is 4. The molecule has 9 nitrogen and oxygen atoms in total. The predicted molar refractivity (Wildman–Crippen MR) is 132 cm³/mol. The lowest BCUT2D eigenvalue weighted by molar-refractivity contribution is -0.126. The van der Waals surface area contributed by atoms with Crippen molar-refractivity contribution in [1.82, 2.24) is 24.9 Å². The van der Waals surface area contributed by atoms with Gasteiger partial charge in [0.1, 0.15) is 11.3 Å². The van der Waals surface area contributed by atoms with E-state index in [0.717, 1.165) is 12.8 Å². The first-order chi connectivity index (χ1) is 17.5. The van der Waals surface area contributed by atoms with Crippen LogP contribution in [0.4, 0.5) is 10.2 Å². The standard InChI is InChI=1S/C26H23FN6O3/c1-2-6-21(34)32-14-5-7-16(15-32)23-22-24(25(28)29-30-26(22)35)33(31-23)17-10-12-18(13-11-17)36-20-9-4-3-8-19(20)27/h3-4,8-13,16H,5,7,14-15H2,1H3,(H2,28,29)(H,30,35)/t16-/m0/s1. The van der Waals surface area contributed by atoms with Crippen molar-refractivity contribution in [2.45, 2.75) is 25.7 Å². The normalized spacial score (nSPS) is 15.4. The minimum atomic E-state index is -0.465. The zero-order valence-corrected chi connectivity index (χ0v) is 19.5. The van der Waals surface area contributed by atoms with Crippen LogP contribution >= 0.6 is 0 Å². The molecule has 0 radical (unpaired) electrons. The number of aromatic nitrogens is 4. The van der Waals surface area contributed by atoms with Gasteiger partial charge in [-0.15, -0.1) is 0 Å². The second kappa shape index (κ2) is 9.54. The quantitative estimate of drug-likeness (QED) is 0.427. The third-order valence-electron chi connectivity index (χ3n) is 6.13. The molecule has 0 unspecified atom stereocenters. The maximum atomic E-state index is 14.0. The van der Waals surface area contributed by atoms with Crippen molar-refractivity contribution >= 4 is 22.6 Å². The number of nitrogens with two attached hydrogens (primary N) is 1. The van der Waals surface area contributed by atoms with Crippen LogP contribution in [-0.4, -0.2) is 43.9 Å². The van der Waals surface area contributed by atoms with Crippen LogP contribution in [0, 0.1) is 17.7 Å². The van der Waals surface area contributed by atoms with Crippen molar-refractivity contribution in [3.63, 3.8) is 0 Å². The number of carbonyl (C=O) groups excluding carboxylic acids is 1. The van der Waals surface area contributed by atoms with Crippen LogP contribution in [0.3, 0.4) is 0 Å². The van der Waals surface area contributed by atoms with Gasteiger partial charge < -0.3 is 15.4 Å². The van der Waals surface area contributed by atoms with Gasteiger partial charge in [0.2, 0.25) is 0 Å².